The van der Waals surface area contributed by atoms with Crippen LogP contribution in [0.15, 0.2) is 30.3 Å². The van der Waals surface area contributed by atoms with Crippen molar-refractivity contribution < 1.29 is 50.7 Å². The summed E-state index contributed by atoms with van der Waals surface area (Å²) in [6, 6.07) is 10.0. The summed E-state index contributed by atoms with van der Waals surface area (Å²) in [6.07, 6.45) is 0. The molecule has 0 N–H and O–H groups in total. The van der Waals surface area contributed by atoms with Gasteiger partial charge in [-0.2, -0.15) is 25.1 Å². The van der Waals surface area contributed by atoms with E-state index in [0.29, 0.717) is 0 Å². The molecule has 0 saturated carbocycles. The van der Waals surface area contributed by atoms with Crippen LogP contribution in [0.4, 0.5) is 0 Å². The summed E-state index contributed by atoms with van der Waals surface area (Å²) < 4.78 is 0. The molecule has 1 aromatic rings. The minimum atomic E-state index is 0. The van der Waals surface area contributed by atoms with Crippen LogP contribution >= 0.6 is 0 Å². The van der Waals surface area contributed by atoms with Crippen LogP contribution in [-0.2, 0) is 25.8 Å². The van der Waals surface area contributed by atoms with Gasteiger partial charge in [-0.05, 0) is 0 Å². The molecule has 0 aromatic heterocycles. The molecule has 0 bridgehead atoms. The van der Waals surface area contributed by atoms with Gasteiger partial charge in [0.15, 0.2) is 0 Å². The van der Waals surface area contributed by atoms with E-state index in [1.54, 1.807) is 6.92 Å². The van der Waals surface area contributed by atoms with E-state index in [9.17, 15) is 0 Å². The second kappa shape index (κ2) is 22.6. The van der Waals surface area contributed by atoms with Gasteiger partial charge in [-0.25, -0.2) is 12.1 Å². The summed E-state index contributed by atoms with van der Waals surface area (Å²) in [7, 11) is 0. The maximum atomic E-state index is 3.25. The van der Waals surface area contributed by atoms with Gasteiger partial charge in [-0.1, -0.05) is 0 Å². The first-order chi connectivity index (χ1) is 3.50. The third kappa shape index (κ3) is 15.9. The van der Waals surface area contributed by atoms with Gasteiger partial charge in [0.2, 0.25) is 0 Å². The van der Waals surface area contributed by atoms with E-state index < -0.39 is 0 Å². The molecule has 3 heteroatoms. The fourth-order valence-electron chi connectivity index (χ4n) is 0.321. The zero-order chi connectivity index (χ0) is 5.54. The Kier molecular flexibility index (Phi) is 50.6. The minimum absolute atomic E-state index is 0. The largest absolute Gasteiger partial charge is 4.00 e. The molecule has 0 aliphatic carbocycles. The molecule has 10 heavy (non-hydrogen) atoms. The minimum Gasteiger partial charge on any atom is -1.00 e. The Bertz CT molecular complexity index is 68.1. The van der Waals surface area contributed by atoms with E-state index in [1.807, 2.05) is 30.3 Å². The Morgan fingerprint density at radius 3 is 1.40 bits per heavy atom. The maximum Gasteiger partial charge on any atom is 4.00 e. The molecule has 0 amide bonds. The Hall–Kier alpha value is 0.800. The van der Waals surface area contributed by atoms with E-state index in [0.717, 1.165) is 0 Å². The predicted molar refractivity (Wildman–Crippen MR) is 33.1 cm³/mol. The summed E-state index contributed by atoms with van der Waals surface area (Å²) in [4.78, 5) is 0. The molecular weight excluding hydrogens is 333 g/mol. The Morgan fingerprint density at radius 1 is 1.00 bits per heavy atom. The van der Waals surface area contributed by atoms with Crippen molar-refractivity contribution >= 4 is 0 Å². The molecular formula is C7H10Cl2Hf. The Balaban J connectivity index is -0.0000000337. The Labute approximate surface area is 94.4 Å². The molecule has 56 valence electrons. The van der Waals surface area contributed by atoms with Crippen molar-refractivity contribution in [2.75, 3.05) is 0 Å². The zero-order valence-electron chi connectivity index (χ0n) is 5.85. The molecule has 0 saturated heterocycles. The smallest absolute Gasteiger partial charge is 1.00 e. The van der Waals surface area contributed by atoms with E-state index >= 15 is 0 Å². The Morgan fingerprint density at radius 2 is 1.30 bits per heavy atom. The van der Waals surface area contributed by atoms with E-state index in [4.69, 9.17) is 0 Å². The van der Waals surface area contributed by atoms with Crippen LogP contribution in [0.25, 0.3) is 0 Å². The summed E-state index contributed by atoms with van der Waals surface area (Å²) in [5, 5.41) is 0. The van der Waals surface area contributed by atoms with Gasteiger partial charge in [0.05, 0.1) is 0 Å². The van der Waals surface area contributed by atoms with Gasteiger partial charge in [-0.15, -0.1) is 0 Å². The number of hydrogen-bond acceptors (Lipinski definition) is 0. The molecule has 0 atom stereocenters. The first-order valence-corrected chi connectivity index (χ1v) is 2.37. The van der Waals surface area contributed by atoms with Crippen molar-refractivity contribution in [3.05, 3.63) is 37.3 Å². The van der Waals surface area contributed by atoms with Gasteiger partial charge in [0, 0.05) is 0 Å². The van der Waals surface area contributed by atoms with Crippen LogP contribution in [0.5, 0.6) is 0 Å². The van der Waals surface area contributed by atoms with Crippen molar-refractivity contribution in [2.45, 2.75) is 6.92 Å². The van der Waals surface area contributed by atoms with E-state index in [-0.39, 0.29) is 50.7 Å². The van der Waals surface area contributed by atoms with Gasteiger partial charge >= 0.3 is 25.8 Å². The number of hydrogen-bond donors (Lipinski definition) is 0. The monoisotopic (exact) mass is 344 g/mol. The summed E-state index contributed by atoms with van der Waals surface area (Å²) in [5.41, 5.74) is 0. The van der Waals surface area contributed by atoms with Crippen molar-refractivity contribution in [1.29, 1.82) is 0 Å². The zero-order valence-corrected chi connectivity index (χ0v) is 11.0. The average Bonchev–Trinajstić information content (AvgIpc) is 2.23. The van der Waals surface area contributed by atoms with Crippen molar-refractivity contribution in [3.63, 3.8) is 0 Å². The molecule has 0 spiro atoms. The van der Waals surface area contributed by atoms with Crippen molar-refractivity contribution in [1.82, 2.24) is 0 Å². The van der Waals surface area contributed by atoms with E-state index in [1.165, 1.54) is 0 Å². The summed E-state index contributed by atoms with van der Waals surface area (Å²) in [6.45, 7) is 5.00. The molecule has 0 aliphatic heterocycles. The van der Waals surface area contributed by atoms with Crippen LogP contribution in [0.1, 0.15) is 6.92 Å². The van der Waals surface area contributed by atoms with Crippen LogP contribution in [0.2, 0.25) is 0 Å². The SMILES string of the molecule is [CH2-]C.[Cl-].[Cl-].[Hf+4].c1cc[cH-]c1. The van der Waals surface area contributed by atoms with E-state index in [2.05, 4.69) is 6.92 Å². The van der Waals surface area contributed by atoms with Crippen LogP contribution in [0, 0.1) is 6.92 Å². The topological polar surface area (TPSA) is 0 Å². The molecule has 0 heterocycles. The second-order valence-corrected chi connectivity index (χ2v) is 0.962. The first kappa shape index (κ1) is 22.4. The summed E-state index contributed by atoms with van der Waals surface area (Å²) >= 11 is 0. The fraction of sp³-hybridized carbons (Fsp3) is 0.143. The molecule has 1 rings (SSSR count). The normalized spacial score (nSPS) is 4.60. The third-order valence-corrected chi connectivity index (χ3v) is 0.556. The molecule has 0 aliphatic rings. The number of rotatable bonds is 0. The van der Waals surface area contributed by atoms with Crippen LogP contribution < -0.4 is 24.8 Å². The standard InChI is InChI=1S/C5H5.C2H5.2ClH.Hf/c1-2-4-5-3-1;1-2;;;/h1-5H;1H2,2H3;2*1H;/q2*-1;;;+4/p-2. The summed E-state index contributed by atoms with van der Waals surface area (Å²) in [5.74, 6) is 0. The van der Waals surface area contributed by atoms with Gasteiger partial charge < -0.3 is 31.7 Å². The van der Waals surface area contributed by atoms with Crippen molar-refractivity contribution in [3.8, 4) is 0 Å². The van der Waals surface area contributed by atoms with Gasteiger partial charge in [0.25, 0.3) is 0 Å². The molecule has 0 fully saturated rings. The number of halogens is 2. The average molecular weight is 344 g/mol. The maximum absolute atomic E-state index is 3.25. The molecule has 1 aromatic carbocycles. The first-order valence-electron chi connectivity index (χ1n) is 2.37. The van der Waals surface area contributed by atoms with Gasteiger partial charge in [0.1, 0.15) is 0 Å². The third-order valence-electron chi connectivity index (χ3n) is 0.556. The fourth-order valence-corrected chi connectivity index (χ4v) is 0.321. The molecule has 0 nitrogen and oxygen atoms in total. The van der Waals surface area contributed by atoms with Crippen LogP contribution in [0.3, 0.4) is 0 Å². The van der Waals surface area contributed by atoms with Crippen molar-refractivity contribution in [2.24, 2.45) is 0 Å². The molecule has 0 unspecified atom stereocenters. The van der Waals surface area contributed by atoms with Crippen LogP contribution in [-0.4, -0.2) is 0 Å². The second-order valence-electron chi connectivity index (χ2n) is 0.962. The predicted octanol–water partition coefficient (Wildman–Crippen LogP) is -3.75. The quantitative estimate of drug-likeness (QED) is 0.335. The van der Waals surface area contributed by atoms with Gasteiger partial charge in [-0.3, -0.25) is 0 Å². The molecule has 0 radical (unpaired) electrons.